The van der Waals surface area contributed by atoms with Crippen LogP contribution in [0.1, 0.15) is 10.4 Å². The van der Waals surface area contributed by atoms with Crippen LogP contribution in [0.15, 0.2) is 41.3 Å². The Bertz CT molecular complexity index is 634. The van der Waals surface area contributed by atoms with Gasteiger partial charge in [0, 0.05) is 15.3 Å². The lowest BCUT2D eigenvalue weighted by Gasteiger charge is -2.07. The monoisotopic (exact) mass is 355 g/mol. The molecule has 0 fully saturated rings. The van der Waals surface area contributed by atoms with Crippen molar-refractivity contribution >= 4 is 28.6 Å². The second-order valence-corrected chi connectivity index (χ2v) is 4.66. The van der Waals surface area contributed by atoms with E-state index in [1.165, 1.54) is 7.11 Å². The smallest absolute Gasteiger partial charge is 0.344 e. The molecule has 0 aliphatic rings. The quantitative estimate of drug-likeness (QED) is 0.665. The molecular weight excluding hydrogens is 345 g/mol. The van der Waals surface area contributed by atoms with Crippen molar-refractivity contribution in [2.24, 2.45) is 0 Å². The maximum Gasteiger partial charge on any atom is 0.344 e. The molecule has 0 atom stereocenters. The Labute approximate surface area is 117 Å². The van der Waals surface area contributed by atoms with Gasteiger partial charge in [0.05, 0.1) is 7.11 Å². The molecule has 0 spiro atoms. The number of hydrogen-bond donors (Lipinski definition) is 1. The van der Waals surface area contributed by atoms with Gasteiger partial charge in [-0.2, -0.15) is 0 Å². The molecule has 0 saturated carbocycles. The van der Waals surface area contributed by atoms with E-state index in [2.05, 4.69) is 9.72 Å². The van der Waals surface area contributed by atoms with Crippen LogP contribution in [0, 0.1) is 3.57 Å². The van der Waals surface area contributed by atoms with Gasteiger partial charge < -0.3 is 9.72 Å². The normalized spacial score (nSPS) is 10.1. The summed E-state index contributed by atoms with van der Waals surface area (Å²) in [4.78, 5) is 25.8. The molecule has 5 heteroatoms. The molecule has 1 aromatic heterocycles. The van der Waals surface area contributed by atoms with E-state index in [-0.39, 0.29) is 5.56 Å². The van der Waals surface area contributed by atoms with E-state index in [0.29, 0.717) is 3.57 Å². The summed E-state index contributed by atoms with van der Waals surface area (Å²) in [5, 5.41) is 0. The van der Waals surface area contributed by atoms with Crippen LogP contribution in [-0.4, -0.2) is 18.1 Å². The number of methoxy groups -OCH3 is 1. The van der Waals surface area contributed by atoms with Gasteiger partial charge in [-0.1, -0.05) is 30.3 Å². The Morgan fingerprint density at radius 1 is 1.28 bits per heavy atom. The standard InChI is InChI=1S/C13H10INO3/c1-18-13(17)10-11(14)9(7-15-12(10)16)8-5-3-2-4-6-8/h2-7H,1H3,(H,15,16). The first-order valence-electron chi connectivity index (χ1n) is 5.20. The first-order valence-corrected chi connectivity index (χ1v) is 6.28. The Balaban J connectivity index is 2.66. The molecule has 4 nitrogen and oxygen atoms in total. The van der Waals surface area contributed by atoms with Crippen LogP contribution in [0.25, 0.3) is 11.1 Å². The summed E-state index contributed by atoms with van der Waals surface area (Å²) < 4.78 is 5.22. The van der Waals surface area contributed by atoms with Crippen LogP contribution in [0.5, 0.6) is 0 Å². The molecule has 1 aromatic carbocycles. The van der Waals surface area contributed by atoms with Crippen molar-refractivity contribution in [2.75, 3.05) is 7.11 Å². The van der Waals surface area contributed by atoms with E-state index in [1.54, 1.807) is 6.20 Å². The number of aromatic amines is 1. The van der Waals surface area contributed by atoms with Gasteiger partial charge in [0.25, 0.3) is 5.56 Å². The van der Waals surface area contributed by atoms with Crippen LogP contribution in [-0.2, 0) is 4.74 Å². The number of nitrogens with one attached hydrogen (secondary N) is 1. The Kier molecular flexibility index (Phi) is 3.81. The first kappa shape index (κ1) is 12.8. The highest BCUT2D eigenvalue weighted by Crippen LogP contribution is 2.25. The molecule has 0 aliphatic carbocycles. The highest BCUT2D eigenvalue weighted by atomic mass is 127. The molecular formula is C13H10INO3. The van der Waals surface area contributed by atoms with Crippen molar-refractivity contribution in [1.82, 2.24) is 4.98 Å². The van der Waals surface area contributed by atoms with E-state index < -0.39 is 11.5 Å². The summed E-state index contributed by atoms with van der Waals surface area (Å²) in [5.74, 6) is -0.626. The maximum absolute atomic E-state index is 11.7. The molecule has 0 aliphatic heterocycles. The minimum absolute atomic E-state index is 0.0412. The van der Waals surface area contributed by atoms with Crippen molar-refractivity contribution in [3.05, 3.63) is 56.0 Å². The molecule has 1 N–H and O–H groups in total. The molecule has 1 heterocycles. The zero-order valence-corrected chi connectivity index (χ0v) is 11.7. The van der Waals surface area contributed by atoms with Gasteiger partial charge in [-0.05, 0) is 28.2 Å². The minimum Gasteiger partial charge on any atom is -0.465 e. The number of ether oxygens (including phenoxy) is 1. The topological polar surface area (TPSA) is 59.2 Å². The predicted octanol–water partition coefficient (Wildman–Crippen LogP) is 2.43. The number of benzene rings is 1. The van der Waals surface area contributed by atoms with E-state index in [9.17, 15) is 9.59 Å². The number of carbonyl (C=O) groups excluding carboxylic acids is 1. The molecule has 0 saturated heterocycles. The van der Waals surface area contributed by atoms with Crippen LogP contribution in [0.4, 0.5) is 0 Å². The zero-order chi connectivity index (χ0) is 13.1. The van der Waals surface area contributed by atoms with Gasteiger partial charge in [-0.15, -0.1) is 0 Å². The van der Waals surface area contributed by atoms with Gasteiger partial charge in [0.1, 0.15) is 5.56 Å². The van der Waals surface area contributed by atoms with Gasteiger partial charge in [-0.3, -0.25) is 4.79 Å². The first-order chi connectivity index (χ1) is 8.65. The molecule has 0 unspecified atom stereocenters. The number of hydrogen-bond acceptors (Lipinski definition) is 3. The fourth-order valence-electron chi connectivity index (χ4n) is 1.62. The molecule has 0 bridgehead atoms. The van der Waals surface area contributed by atoms with Crippen LogP contribution >= 0.6 is 22.6 Å². The Morgan fingerprint density at radius 3 is 2.56 bits per heavy atom. The fourth-order valence-corrected chi connectivity index (χ4v) is 2.55. The number of aromatic nitrogens is 1. The molecule has 92 valence electrons. The minimum atomic E-state index is -0.626. The lowest BCUT2D eigenvalue weighted by molar-refractivity contribution is 0.0597. The molecule has 0 amide bonds. The summed E-state index contributed by atoms with van der Waals surface area (Å²) >= 11 is 1.99. The second-order valence-electron chi connectivity index (χ2n) is 3.58. The maximum atomic E-state index is 11.7. The van der Waals surface area contributed by atoms with Gasteiger partial charge >= 0.3 is 5.97 Å². The predicted molar refractivity (Wildman–Crippen MR) is 76.6 cm³/mol. The Hall–Kier alpha value is -1.63. The van der Waals surface area contributed by atoms with E-state index in [1.807, 2.05) is 52.9 Å². The highest BCUT2D eigenvalue weighted by molar-refractivity contribution is 14.1. The highest BCUT2D eigenvalue weighted by Gasteiger charge is 2.18. The van der Waals surface area contributed by atoms with Crippen molar-refractivity contribution in [2.45, 2.75) is 0 Å². The largest absolute Gasteiger partial charge is 0.465 e. The number of rotatable bonds is 2. The molecule has 0 radical (unpaired) electrons. The van der Waals surface area contributed by atoms with E-state index in [4.69, 9.17) is 0 Å². The third-order valence-electron chi connectivity index (χ3n) is 2.50. The van der Waals surface area contributed by atoms with Gasteiger partial charge in [-0.25, -0.2) is 4.79 Å². The van der Waals surface area contributed by atoms with Crippen molar-refractivity contribution < 1.29 is 9.53 Å². The number of halogens is 1. The third-order valence-corrected chi connectivity index (χ3v) is 3.63. The summed E-state index contributed by atoms with van der Waals surface area (Å²) in [5.41, 5.74) is 1.34. The average molecular weight is 355 g/mol. The van der Waals surface area contributed by atoms with E-state index >= 15 is 0 Å². The number of H-pyrrole nitrogens is 1. The molecule has 2 aromatic rings. The lowest BCUT2D eigenvalue weighted by atomic mass is 10.1. The van der Waals surface area contributed by atoms with Gasteiger partial charge in [0.15, 0.2) is 0 Å². The summed E-state index contributed by atoms with van der Waals surface area (Å²) in [6.45, 7) is 0. The fraction of sp³-hybridized carbons (Fsp3) is 0.0769. The lowest BCUT2D eigenvalue weighted by Crippen LogP contribution is -2.21. The van der Waals surface area contributed by atoms with Crippen molar-refractivity contribution in [1.29, 1.82) is 0 Å². The number of esters is 1. The third kappa shape index (κ3) is 2.31. The SMILES string of the molecule is COC(=O)c1c(I)c(-c2ccccc2)c[nH]c1=O. The van der Waals surface area contributed by atoms with E-state index in [0.717, 1.165) is 11.1 Å². The summed E-state index contributed by atoms with van der Waals surface area (Å²) in [6, 6.07) is 9.53. The van der Waals surface area contributed by atoms with Crippen LogP contribution in [0.3, 0.4) is 0 Å². The van der Waals surface area contributed by atoms with Gasteiger partial charge in [0.2, 0.25) is 0 Å². The number of pyridine rings is 1. The zero-order valence-electron chi connectivity index (χ0n) is 9.57. The number of carbonyl (C=O) groups is 1. The second kappa shape index (κ2) is 5.34. The van der Waals surface area contributed by atoms with Crippen molar-refractivity contribution in [3.8, 4) is 11.1 Å². The summed E-state index contributed by atoms with van der Waals surface area (Å²) in [6.07, 6.45) is 1.60. The Morgan fingerprint density at radius 2 is 1.94 bits per heavy atom. The van der Waals surface area contributed by atoms with Crippen LogP contribution < -0.4 is 5.56 Å². The molecule has 2 rings (SSSR count). The molecule has 18 heavy (non-hydrogen) atoms. The summed E-state index contributed by atoms with van der Waals surface area (Å²) in [7, 11) is 1.26. The van der Waals surface area contributed by atoms with Crippen molar-refractivity contribution in [3.63, 3.8) is 0 Å². The average Bonchev–Trinajstić information content (AvgIpc) is 2.39. The van der Waals surface area contributed by atoms with Crippen LogP contribution in [0.2, 0.25) is 0 Å².